The summed E-state index contributed by atoms with van der Waals surface area (Å²) < 4.78 is 0. The molecule has 0 aliphatic carbocycles. The Balaban J connectivity index is 1.43. The van der Waals surface area contributed by atoms with Crippen molar-refractivity contribution in [1.82, 2.24) is 25.4 Å². The molecular formula is C20H31N5O2. The Hall–Kier alpha value is -1.99. The van der Waals surface area contributed by atoms with E-state index in [1.165, 1.54) is 5.56 Å². The number of amides is 2. The van der Waals surface area contributed by atoms with Crippen LogP contribution in [0.1, 0.15) is 31.2 Å². The number of rotatable bonds is 6. The molecular weight excluding hydrogens is 342 g/mol. The fourth-order valence-electron chi connectivity index (χ4n) is 4.14. The van der Waals surface area contributed by atoms with Crippen LogP contribution in [0.4, 0.5) is 0 Å². The molecule has 2 fully saturated rings. The van der Waals surface area contributed by atoms with Crippen LogP contribution in [-0.4, -0.2) is 72.4 Å². The number of piperidine rings is 2. The van der Waals surface area contributed by atoms with E-state index in [1.54, 1.807) is 7.05 Å². The Bertz CT molecular complexity index is 616. The summed E-state index contributed by atoms with van der Waals surface area (Å²) >= 11 is 0. The Labute approximate surface area is 161 Å². The summed E-state index contributed by atoms with van der Waals surface area (Å²) in [6.07, 6.45) is 8.01. The SMILES string of the molecule is CNC(=O)CNC(=O)C1CCCN(C2CCN(Cc3cccnc3)CC2)C1. The van der Waals surface area contributed by atoms with Crippen molar-refractivity contribution in [1.29, 1.82) is 0 Å². The van der Waals surface area contributed by atoms with Gasteiger partial charge in [0.25, 0.3) is 0 Å². The lowest BCUT2D eigenvalue weighted by molar-refractivity contribution is -0.130. The van der Waals surface area contributed by atoms with Gasteiger partial charge in [0.2, 0.25) is 11.8 Å². The Morgan fingerprint density at radius 3 is 2.74 bits per heavy atom. The number of carbonyl (C=O) groups excluding carboxylic acids is 2. The predicted molar refractivity (Wildman–Crippen MR) is 104 cm³/mol. The average Bonchev–Trinajstić information content (AvgIpc) is 2.73. The molecule has 2 aliphatic rings. The number of carbonyl (C=O) groups is 2. The molecule has 2 amide bonds. The number of likely N-dealkylation sites (N-methyl/N-ethyl adjacent to an activating group) is 1. The van der Waals surface area contributed by atoms with Crippen LogP contribution < -0.4 is 10.6 Å². The monoisotopic (exact) mass is 373 g/mol. The number of nitrogens with one attached hydrogen (secondary N) is 2. The van der Waals surface area contributed by atoms with Crippen molar-refractivity contribution in [2.75, 3.05) is 39.8 Å². The lowest BCUT2D eigenvalue weighted by Crippen LogP contribution is -2.51. The molecule has 0 saturated carbocycles. The van der Waals surface area contributed by atoms with Crippen molar-refractivity contribution in [3.8, 4) is 0 Å². The first-order valence-corrected chi connectivity index (χ1v) is 9.99. The minimum Gasteiger partial charge on any atom is -0.358 e. The third-order valence-corrected chi connectivity index (χ3v) is 5.73. The first-order chi connectivity index (χ1) is 13.2. The van der Waals surface area contributed by atoms with Gasteiger partial charge in [-0.05, 0) is 56.9 Å². The van der Waals surface area contributed by atoms with Gasteiger partial charge in [-0.2, -0.15) is 0 Å². The third kappa shape index (κ3) is 5.74. The van der Waals surface area contributed by atoms with Crippen molar-refractivity contribution < 1.29 is 9.59 Å². The number of hydrogen-bond acceptors (Lipinski definition) is 5. The van der Waals surface area contributed by atoms with Gasteiger partial charge in [0.1, 0.15) is 0 Å². The molecule has 3 rings (SSSR count). The highest BCUT2D eigenvalue weighted by Gasteiger charge is 2.31. The number of hydrogen-bond donors (Lipinski definition) is 2. The number of nitrogens with zero attached hydrogens (tertiary/aromatic N) is 3. The van der Waals surface area contributed by atoms with E-state index in [9.17, 15) is 9.59 Å². The molecule has 3 heterocycles. The molecule has 1 atom stereocenters. The largest absolute Gasteiger partial charge is 0.358 e. The first-order valence-electron chi connectivity index (χ1n) is 9.99. The van der Waals surface area contributed by atoms with Gasteiger partial charge in [-0.25, -0.2) is 0 Å². The van der Waals surface area contributed by atoms with E-state index in [0.717, 1.165) is 58.4 Å². The lowest BCUT2D eigenvalue weighted by Gasteiger charge is -2.42. The maximum atomic E-state index is 12.4. The van der Waals surface area contributed by atoms with E-state index >= 15 is 0 Å². The molecule has 7 heteroatoms. The van der Waals surface area contributed by atoms with Gasteiger partial charge in [0, 0.05) is 38.6 Å². The molecule has 2 N–H and O–H groups in total. The Morgan fingerprint density at radius 1 is 1.22 bits per heavy atom. The van der Waals surface area contributed by atoms with Gasteiger partial charge < -0.3 is 10.6 Å². The van der Waals surface area contributed by atoms with Crippen LogP contribution in [-0.2, 0) is 16.1 Å². The molecule has 2 aliphatic heterocycles. The van der Waals surface area contributed by atoms with Crippen LogP contribution in [0.15, 0.2) is 24.5 Å². The van der Waals surface area contributed by atoms with E-state index in [4.69, 9.17) is 0 Å². The standard InChI is InChI=1S/C20H31N5O2/c1-21-19(26)13-23-20(27)17-5-3-9-25(15-17)18-6-10-24(11-7-18)14-16-4-2-8-22-12-16/h2,4,8,12,17-18H,3,5-7,9-11,13-15H2,1H3,(H,21,26)(H,23,27). The smallest absolute Gasteiger partial charge is 0.239 e. The number of likely N-dealkylation sites (tertiary alicyclic amines) is 2. The van der Waals surface area contributed by atoms with Gasteiger partial charge in [-0.3, -0.25) is 24.4 Å². The molecule has 0 spiro atoms. The van der Waals surface area contributed by atoms with E-state index in [1.807, 2.05) is 18.5 Å². The second-order valence-corrected chi connectivity index (χ2v) is 7.59. The highest BCUT2D eigenvalue weighted by molar-refractivity contribution is 5.85. The molecule has 1 unspecified atom stereocenters. The number of aromatic nitrogens is 1. The maximum Gasteiger partial charge on any atom is 0.239 e. The van der Waals surface area contributed by atoms with Crippen LogP contribution in [0, 0.1) is 5.92 Å². The van der Waals surface area contributed by atoms with Gasteiger partial charge in [0.15, 0.2) is 0 Å². The summed E-state index contributed by atoms with van der Waals surface area (Å²) in [4.78, 5) is 32.9. The third-order valence-electron chi connectivity index (χ3n) is 5.73. The van der Waals surface area contributed by atoms with Gasteiger partial charge >= 0.3 is 0 Å². The predicted octanol–water partition coefficient (Wildman–Crippen LogP) is 0.620. The van der Waals surface area contributed by atoms with Crippen LogP contribution >= 0.6 is 0 Å². The summed E-state index contributed by atoms with van der Waals surface area (Å²) in [6.45, 7) is 5.09. The van der Waals surface area contributed by atoms with Crippen molar-refractivity contribution >= 4 is 11.8 Å². The second kappa shape index (κ2) is 9.80. The highest BCUT2D eigenvalue weighted by atomic mass is 16.2. The summed E-state index contributed by atoms with van der Waals surface area (Å²) in [5.74, 6) is -0.147. The van der Waals surface area contributed by atoms with Crippen LogP contribution in [0.2, 0.25) is 0 Å². The Kier molecular flexibility index (Phi) is 7.18. The number of pyridine rings is 1. The van der Waals surface area contributed by atoms with Crippen LogP contribution in [0.5, 0.6) is 0 Å². The molecule has 1 aromatic heterocycles. The molecule has 27 heavy (non-hydrogen) atoms. The van der Waals surface area contributed by atoms with Crippen LogP contribution in [0.3, 0.4) is 0 Å². The zero-order chi connectivity index (χ0) is 19.1. The van der Waals surface area contributed by atoms with Gasteiger partial charge in [0.05, 0.1) is 12.5 Å². The minimum absolute atomic E-state index is 0.00294. The van der Waals surface area contributed by atoms with E-state index < -0.39 is 0 Å². The summed E-state index contributed by atoms with van der Waals surface area (Å²) in [5.41, 5.74) is 1.27. The zero-order valence-corrected chi connectivity index (χ0v) is 16.2. The van der Waals surface area contributed by atoms with Crippen molar-refractivity contribution in [2.45, 2.75) is 38.3 Å². The second-order valence-electron chi connectivity index (χ2n) is 7.59. The van der Waals surface area contributed by atoms with Gasteiger partial charge in [-0.1, -0.05) is 6.07 Å². The van der Waals surface area contributed by atoms with Crippen molar-refractivity contribution in [2.24, 2.45) is 5.92 Å². The van der Waals surface area contributed by atoms with Crippen molar-refractivity contribution in [3.05, 3.63) is 30.1 Å². The molecule has 148 valence electrons. The molecule has 0 bridgehead atoms. The molecule has 0 aromatic carbocycles. The topological polar surface area (TPSA) is 77.6 Å². The van der Waals surface area contributed by atoms with Gasteiger partial charge in [-0.15, -0.1) is 0 Å². The molecule has 7 nitrogen and oxygen atoms in total. The lowest BCUT2D eigenvalue weighted by atomic mass is 9.93. The van der Waals surface area contributed by atoms with Crippen LogP contribution in [0.25, 0.3) is 0 Å². The molecule has 0 radical (unpaired) electrons. The molecule has 2 saturated heterocycles. The average molecular weight is 374 g/mol. The summed E-state index contributed by atoms with van der Waals surface area (Å²) in [6, 6.07) is 4.68. The first kappa shape index (κ1) is 19.8. The van der Waals surface area contributed by atoms with Crippen molar-refractivity contribution in [3.63, 3.8) is 0 Å². The summed E-state index contributed by atoms with van der Waals surface area (Å²) in [7, 11) is 1.58. The maximum absolute atomic E-state index is 12.4. The highest BCUT2D eigenvalue weighted by Crippen LogP contribution is 2.24. The normalized spacial score (nSPS) is 22.3. The zero-order valence-electron chi connectivity index (χ0n) is 16.2. The quantitative estimate of drug-likeness (QED) is 0.764. The van der Waals surface area contributed by atoms with E-state index in [0.29, 0.717) is 6.04 Å². The summed E-state index contributed by atoms with van der Waals surface area (Å²) in [5, 5.41) is 5.30. The van der Waals surface area contributed by atoms with E-state index in [-0.39, 0.29) is 24.3 Å². The Morgan fingerprint density at radius 2 is 2.04 bits per heavy atom. The van der Waals surface area contributed by atoms with E-state index in [2.05, 4.69) is 31.5 Å². The fraction of sp³-hybridized carbons (Fsp3) is 0.650. The minimum atomic E-state index is -0.156. The fourth-order valence-corrected chi connectivity index (χ4v) is 4.14. The molecule has 1 aromatic rings.